The third-order valence-electron chi connectivity index (χ3n) is 3.86. The summed E-state index contributed by atoms with van der Waals surface area (Å²) in [5, 5.41) is 5.45. The first-order chi connectivity index (χ1) is 10.6. The molecule has 1 saturated heterocycles. The van der Waals surface area contributed by atoms with Crippen LogP contribution in [0.25, 0.3) is 0 Å². The second kappa shape index (κ2) is 8.41. The summed E-state index contributed by atoms with van der Waals surface area (Å²) in [6.45, 7) is 2.70. The van der Waals surface area contributed by atoms with Gasteiger partial charge in [-0.25, -0.2) is 4.98 Å². The van der Waals surface area contributed by atoms with Gasteiger partial charge in [0.15, 0.2) is 0 Å². The van der Waals surface area contributed by atoms with Crippen LogP contribution in [-0.2, 0) is 6.54 Å². The van der Waals surface area contributed by atoms with Crippen LogP contribution >= 0.6 is 47.2 Å². The van der Waals surface area contributed by atoms with Crippen molar-refractivity contribution in [2.24, 2.45) is 0 Å². The van der Waals surface area contributed by atoms with Gasteiger partial charge in [0.1, 0.15) is 5.15 Å². The average molecular weight is 393 g/mol. The maximum Gasteiger partial charge on any atom is 0.131 e. The molecule has 1 aromatic carbocycles. The number of nitrogens with one attached hydrogen (secondary N) is 1. The minimum atomic E-state index is 0. The average Bonchev–Trinajstić information content (AvgIpc) is 2.95. The third kappa shape index (κ3) is 4.88. The Morgan fingerprint density at radius 2 is 2.00 bits per heavy atom. The Morgan fingerprint density at radius 1 is 1.17 bits per heavy atom. The molecule has 0 spiro atoms. The van der Waals surface area contributed by atoms with Gasteiger partial charge in [-0.1, -0.05) is 40.9 Å². The Labute approximate surface area is 157 Å². The van der Waals surface area contributed by atoms with Crippen molar-refractivity contribution in [2.45, 2.75) is 19.0 Å². The zero-order chi connectivity index (χ0) is 15.5. The Morgan fingerprint density at radius 3 is 2.74 bits per heavy atom. The lowest BCUT2D eigenvalue weighted by Crippen LogP contribution is -2.32. The Balaban J connectivity index is 0.00000192. The van der Waals surface area contributed by atoms with Crippen LogP contribution in [0.5, 0.6) is 0 Å². The van der Waals surface area contributed by atoms with Gasteiger partial charge in [0.25, 0.3) is 0 Å². The van der Waals surface area contributed by atoms with Gasteiger partial charge >= 0.3 is 0 Å². The van der Waals surface area contributed by atoms with Gasteiger partial charge in [-0.2, -0.15) is 0 Å². The third-order valence-corrected chi connectivity index (χ3v) is 4.65. The smallest absolute Gasteiger partial charge is 0.131 e. The Hall–Kier alpha value is -0.710. The van der Waals surface area contributed by atoms with Gasteiger partial charge in [0.2, 0.25) is 0 Å². The van der Waals surface area contributed by atoms with Crippen molar-refractivity contribution >= 4 is 52.9 Å². The van der Waals surface area contributed by atoms with Crippen molar-refractivity contribution in [1.29, 1.82) is 0 Å². The van der Waals surface area contributed by atoms with Crippen molar-refractivity contribution in [2.75, 3.05) is 18.0 Å². The minimum Gasteiger partial charge on any atom is -0.370 e. The van der Waals surface area contributed by atoms with Crippen LogP contribution in [0.3, 0.4) is 0 Å². The quantitative estimate of drug-likeness (QED) is 0.755. The number of halogens is 4. The summed E-state index contributed by atoms with van der Waals surface area (Å²) < 4.78 is 0. The van der Waals surface area contributed by atoms with Gasteiger partial charge in [0, 0.05) is 47.6 Å². The molecule has 1 N–H and O–H groups in total. The lowest BCUT2D eigenvalue weighted by atomic mass is 10.2. The van der Waals surface area contributed by atoms with E-state index in [1.165, 1.54) is 0 Å². The second-order valence-electron chi connectivity index (χ2n) is 5.39. The number of benzene rings is 1. The van der Waals surface area contributed by atoms with Gasteiger partial charge in [-0.15, -0.1) is 12.4 Å². The van der Waals surface area contributed by atoms with E-state index >= 15 is 0 Å². The first-order valence-electron chi connectivity index (χ1n) is 7.15. The number of hydrogen-bond acceptors (Lipinski definition) is 3. The topological polar surface area (TPSA) is 28.2 Å². The van der Waals surface area contributed by atoms with Crippen LogP contribution in [0.15, 0.2) is 36.5 Å². The molecule has 23 heavy (non-hydrogen) atoms. The van der Waals surface area contributed by atoms with E-state index in [1.807, 2.05) is 24.3 Å². The van der Waals surface area contributed by atoms with E-state index < -0.39 is 0 Å². The maximum absolute atomic E-state index is 6.20. The molecule has 2 heterocycles. The van der Waals surface area contributed by atoms with Crippen molar-refractivity contribution in [3.63, 3.8) is 0 Å². The van der Waals surface area contributed by atoms with Gasteiger partial charge in [-0.05, 0) is 36.2 Å². The van der Waals surface area contributed by atoms with Crippen LogP contribution in [0, 0.1) is 0 Å². The van der Waals surface area contributed by atoms with Crippen LogP contribution in [0.4, 0.5) is 5.69 Å². The predicted molar refractivity (Wildman–Crippen MR) is 100 cm³/mol. The zero-order valence-corrected chi connectivity index (χ0v) is 15.4. The maximum atomic E-state index is 6.20. The molecule has 0 saturated carbocycles. The van der Waals surface area contributed by atoms with E-state index in [1.54, 1.807) is 12.3 Å². The van der Waals surface area contributed by atoms with E-state index in [0.29, 0.717) is 21.2 Å². The fraction of sp³-hybridized carbons (Fsp3) is 0.312. The normalized spacial score (nSPS) is 17.2. The summed E-state index contributed by atoms with van der Waals surface area (Å²) in [7, 11) is 0. The summed E-state index contributed by atoms with van der Waals surface area (Å²) in [5.74, 6) is 0. The number of aromatic nitrogens is 1. The molecule has 1 aliphatic rings. The summed E-state index contributed by atoms with van der Waals surface area (Å²) in [4.78, 5) is 6.33. The fourth-order valence-corrected chi connectivity index (χ4v) is 3.31. The van der Waals surface area contributed by atoms with Crippen LogP contribution in [-0.4, -0.2) is 24.1 Å². The molecule has 1 aromatic heterocycles. The number of pyridine rings is 1. The molecule has 0 radical (unpaired) electrons. The molecule has 124 valence electrons. The number of hydrogen-bond donors (Lipinski definition) is 1. The van der Waals surface area contributed by atoms with Crippen LogP contribution in [0.1, 0.15) is 12.0 Å². The van der Waals surface area contributed by atoms with E-state index in [9.17, 15) is 0 Å². The van der Waals surface area contributed by atoms with Crippen LogP contribution < -0.4 is 10.2 Å². The minimum absolute atomic E-state index is 0. The first-order valence-corrected chi connectivity index (χ1v) is 8.29. The van der Waals surface area contributed by atoms with Gasteiger partial charge < -0.3 is 10.2 Å². The van der Waals surface area contributed by atoms with E-state index in [4.69, 9.17) is 34.8 Å². The highest BCUT2D eigenvalue weighted by Crippen LogP contribution is 2.24. The van der Waals surface area contributed by atoms with E-state index in [-0.39, 0.29) is 12.4 Å². The molecular weight excluding hydrogens is 376 g/mol. The zero-order valence-electron chi connectivity index (χ0n) is 12.3. The lowest BCUT2D eigenvalue weighted by molar-refractivity contribution is 0.551. The van der Waals surface area contributed by atoms with Gasteiger partial charge in [0.05, 0.1) is 0 Å². The summed E-state index contributed by atoms with van der Waals surface area (Å²) in [6, 6.07) is 9.93. The largest absolute Gasteiger partial charge is 0.370 e. The Bertz CT molecular complexity index is 666. The molecule has 1 fully saturated rings. The van der Waals surface area contributed by atoms with Crippen molar-refractivity contribution in [3.05, 3.63) is 57.3 Å². The number of nitrogens with zero attached hydrogens (tertiary/aromatic N) is 2. The molecule has 1 aliphatic heterocycles. The summed E-state index contributed by atoms with van der Waals surface area (Å²) >= 11 is 18.1. The first kappa shape index (κ1) is 18.6. The fourth-order valence-electron chi connectivity index (χ4n) is 2.67. The molecule has 1 atom stereocenters. The highest BCUT2D eigenvalue weighted by Gasteiger charge is 2.22. The van der Waals surface area contributed by atoms with E-state index in [2.05, 4.69) is 15.2 Å². The molecule has 3 nitrogen and oxygen atoms in total. The molecule has 3 rings (SSSR count). The van der Waals surface area contributed by atoms with Crippen molar-refractivity contribution < 1.29 is 0 Å². The SMILES string of the molecule is Cl.Clc1ccc(CNC2CCN(c3ccnc(Cl)c3)C2)c(Cl)c1. The summed E-state index contributed by atoms with van der Waals surface area (Å²) in [6.07, 6.45) is 2.83. The molecule has 0 amide bonds. The van der Waals surface area contributed by atoms with Crippen molar-refractivity contribution in [3.8, 4) is 0 Å². The number of anilines is 1. The van der Waals surface area contributed by atoms with E-state index in [0.717, 1.165) is 37.3 Å². The van der Waals surface area contributed by atoms with Crippen LogP contribution in [0.2, 0.25) is 15.2 Å². The monoisotopic (exact) mass is 391 g/mol. The van der Waals surface area contributed by atoms with Crippen molar-refractivity contribution in [1.82, 2.24) is 10.3 Å². The molecule has 0 bridgehead atoms. The Kier molecular flexibility index (Phi) is 6.81. The molecular formula is C16H17Cl4N3. The highest BCUT2D eigenvalue weighted by molar-refractivity contribution is 6.35. The molecule has 2 aromatic rings. The predicted octanol–water partition coefficient (Wildman–Crippen LogP) is 4.83. The second-order valence-corrected chi connectivity index (χ2v) is 6.62. The standard InChI is InChI=1S/C16H16Cl3N3.ClH/c17-12-2-1-11(15(18)7-12)9-21-13-4-6-22(10-13)14-3-5-20-16(19)8-14;/h1-3,5,7-8,13,21H,4,6,9-10H2;1H. The molecule has 7 heteroatoms. The molecule has 0 aliphatic carbocycles. The molecule has 1 unspecified atom stereocenters. The number of rotatable bonds is 4. The lowest BCUT2D eigenvalue weighted by Gasteiger charge is -2.19. The summed E-state index contributed by atoms with van der Waals surface area (Å²) in [5.41, 5.74) is 2.19. The van der Waals surface area contributed by atoms with Gasteiger partial charge in [-0.3, -0.25) is 0 Å². The highest BCUT2D eigenvalue weighted by atomic mass is 35.5.